The first kappa shape index (κ1) is 13.9. The summed E-state index contributed by atoms with van der Waals surface area (Å²) in [4.78, 5) is 22.6. The van der Waals surface area contributed by atoms with Crippen molar-refractivity contribution in [2.75, 3.05) is 18.5 Å². The van der Waals surface area contributed by atoms with Crippen molar-refractivity contribution < 1.29 is 14.8 Å². The maximum atomic E-state index is 11.1. The Kier molecular flexibility index (Phi) is 3.89. The molecule has 1 N–H and O–H groups in total. The van der Waals surface area contributed by atoms with Gasteiger partial charge in [0.25, 0.3) is 0 Å². The standard InChI is InChI=1S/C10H16N4O4/c1-6(2)8-9(14(17)18)10(13(4)11-8)12(3)5-7(15)16/h6H,5H2,1-4H3,(H,15,16). The number of carbonyl (C=O) groups is 1. The van der Waals surface area contributed by atoms with Gasteiger partial charge < -0.3 is 10.0 Å². The predicted molar refractivity (Wildman–Crippen MR) is 64.9 cm³/mol. The molecule has 0 radical (unpaired) electrons. The van der Waals surface area contributed by atoms with Crippen molar-refractivity contribution in [1.82, 2.24) is 9.78 Å². The zero-order chi connectivity index (χ0) is 14.0. The minimum absolute atomic E-state index is 0.108. The smallest absolute Gasteiger partial charge is 0.334 e. The van der Waals surface area contributed by atoms with Gasteiger partial charge in [-0.1, -0.05) is 13.8 Å². The first-order valence-corrected chi connectivity index (χ1v) is 5.39. The normalized spacial score (nSPS) is 10.7. The van der Waals surface area contributed by atoms with Crippen molar-refractivity contribution in [2.24, 2.45) is 7.05 Å². The molecule has 0 fully saturated rings. The van der Waals surface area contributed by atoms with E-state index in [1.54, 1.807) is 20.9 Å². The highest BCUT2D eigenvalue weighted by atomic mass is 16.6. The average Bonchev–Trinajstić information content (AvgIpc) is 2.54. The van der Waals surface area contributed by atoms with Crippen LogP contribution in [0.4, 0.5) is 11.5 Å². The Labute approximate surface area is 104 Å². The molecule has 0 saturated heterocycles. The van der Waals surface area contributed by atoms with Gasteiger partial charge in [-0.05, 0) is 0 Å². The van der Waals surface area contributed by atoms with E-state index in [0.717, 1.165) is 0 Å². The van der Waals surface area contributed by atoms with Crippen LogP contribution < -0.4 is 4.90 Å². The van der Waals surface area contributed by atoms with Crippen LogP contribution in [0.3, 0.4) is 0 Å². The van der Waals surface area contributed by atoms with E-state index in [4.69, 9.17) is 5.11 Å². The summed E-state index contributed by atoms with van der Waals surface area (Å²) in [5.41, 5.74) is 0.228. The molecular weight excluding hydrogens is 240 g/mol. The molecule has 1 aromatic rings. The number of aromatic nitrogens is 2. The van der Waals surface area contributed by atoms with Gasteiger partial charge in [0.05, 0.1) is 4.92 Å². The van der Waals surface area contributed by atoms with Gasteiger partial charge in [-0.2, -0.15) is 5.10 Å². The molecule has 1 aromatic heterocycles. The largest absolute Gasteiger partial charge is 0.480 e. The van der Waals surface area contributed by atoms with E-state index in [2.05, 4.69) is 5.10 Å². The molecule has 0 unspecified atom stereocenters. The number of carboxylic acid groups (broad SMARTS) is 1. The van der Waals surface area contributed by atoms with Gasteiger partial charge in [0.2, 0.25) is 5.82 Å². The molecule has 18 heavy (non-hydrogen) atoms. The molecule has 0 aliphatic rings. The van der Waals surface area contributed by atoms with Crippen LogP contribution in [0.15, 0.2) is 0 Å². The highest BCUT2D eigenvalue weighted by Crippen LogP contribution is 2.34. The number of hydrogen-bond acceptors (Lipinski definition) is 5. The monoisotopic (exact) mass is 256 g/mol. The van der Waals surface area contributed by atoms with Gasteiger partial charge >= 0.3 is 11.7 Å². The van der Waals surface area contributed by atoms with Crippen LogP contribution >= 0.6 is 0 Å². The number of hydrogen-bond donors (Lipinski definition) is 1. The van der Waals surface area contributed by atoms with Gasteiger partial charge in [0.15, 0.2) is 0 Å². The summed E-state index contributed by atoms with van der Waals surface area (Å²) in [7, 11) is 3.05. The summed E-state index contributed by atoms with van der Waals surface area (Å²) in [5.74, 6) is -0.964. The molecule has 1 rings (SSSR count). The van der Waals surface area contributed by atoms with Crippen molar-refractivity contribution >= 4 is 17.5 Å². The first-order valence-electron chi connectivity index (χ1n) is 5.39. The lowest BCUT2D eigenvalue weighted by Crippen LogP contribution is -2.27. The number of nitrogens with zero attached hydrogens (tertiary/aromatic N) is 4. The van der Waals surface area contributed by atoms with Gasteiger partial charge in [-0.3, -0.25) is 14.9 Å². The molecule has 0 amide bonds. The van der Waals surface area contributed by atoms with Crippen molar-refractivity contribution in [3.8, 4) is 0 Å². The minimum Gasteiger partial charge on any atom is -0.480 e. The van der Waals surface area contributed by atoms with E-state index in [9.17, 15) is 14.9 Å². The van der Waals surface area contributed by atoms with Crippen LogP contribution in [0.5, 0.6) is 0 Å². The molecule has 0 saturated carbocycles. The summed E-state index contributed by atoms with van der Waals surface area (Å²) in [6.07, 6.45) is 0. The van der Waals surface area contributed by atoms with Crippen LogP contribution in [-0.2, 0) is 11.8 Å². The second kappa shape index (κ2) is 5.03. The highest BCUT2D eigenvalue weighted by Gasteiger charge is 2.31. The fraction of sp³-hybridized carbons (Fsp3) is 0.600. The quantitative estimate of drug-likeness (QED) is 0.622. The molecule has 0 bridgehead atoms. The van der Waals surface area contributed by atoms with Crippen molar-refractivity contribution in [3.63, 3.8) is 0 Å². The average molecular weight is 256 g/mol. The number of aryl methyl sites for hydroxylation is 1. The minimum atomic E-state index is -1.06. The van der Waals surface area contributed by atoms with E-state index in [1.165, 1.54) is 16.6 Å². The zero-order valence-electron chi connectivity index (χ0n) is 10.7. The van der Waals surface area contributed by atoms with Crippen LogP contribution in [0.1, 0.15) is 25.5 Å². The van der Waals surface area contributed by atoms with Gasteiger partial charge in [0, 0.05) is 20.0 Å². The third-order valence-electron chi connectivity index (χ3n) is 2.48. The highest BCUT2D eigenvalue weighted by molar-refractivity contribution is 5.75. The Balaban J connectivity index is 3.33. The molecule has 0 aliphatic carbocycles. The maximum Gasteiger partial charge on any atom is 0.334 e. The SMILES string of the molecule is CC(C)c1nn(C)c(N(C)CC(=O)O)c1[N+](=O)[O-]. The van der Waals surface area contributed by atoms with Crippen molar-refractivity contribution in [1.29, 1.82) is 0 Å². The molecule has 8 heteroatoms. The summed E-state index contributed by atoms with van der Waals surface area (Å²) in [6, 6.07) is 0. The number of aliphatic carboxylic acids is 1. The molecule has 0 aromatic carbocycles. The number of nitro groups is 1. The maximum absolute atomic E-state index is 11.1. The van der Waals surface area contributed by atoms with E-state index in [-0.39, 0.29) is 24.0 Å². The summed E-state index contributed by atoms with van der Waals surface area (Å²) in [5, 5.41) is 24.0. The second-order valence-electron chi connectivity index (χ2n) is 4.34. The third kappa shape index (κ3) is 2.58. The molecular formula is C10H16N4O4. The fourth-order valence-electron chi connectivity index (χ4n) is 1.79. The number of rotatable bonds is 5. The lowest BCUT2D eigenvalue weighted by Gasteiger charge is -2.15. The summed E-state index contributed by atoms with van der Waals surface area (Å²) >= 11 is 0. The molecule has 0 aliphatic heterocycles. The van der Waals surface area contributed by atoms with Crippen LogP contribution in [0.25, 0.3) is 0 Å². The van der Waals surface area contributed by atoms with Gasteiger partial charge in [-0.25, -0.2) is 4.68 Å². The Hall–Kier alpha value is -2.12. The second-order valence-corrected chi connectivity index (χ2v) is 4.34. The van der Waals surface area contributed by atoms with E-state index in [0.29, 0.717) is 5.69 Å². The third-order valence-corrected chi connectivity index (χ3v) is 2.48. The summed E-state index contributed by atoms with van der Waals surface area (Å²) < 4.78 is 1.34. The van der Waals surface area contributed by atoms with E-state index in [1.807, 2.05) is 0 Å². The molecule has 100 valence electrons. The molecule has 8 nitrogen and oxygen atoms in total. The fourth-order valence-corrected chi connectivity index (χ4v) is 1.79. The van der Waals surface area contributed by atoms with Crippen molar-refractivity contribution in [3.05, 3.63) is 15.8 Å². The lowest BCUT2D eigenvalue weighted by atomic mass is 10.1. The Morgan fingerprint density at radius 2 is 2.17 bits per heavy atom. The molecule has 1 heterocycles. The summed E-state index contributed by atoms with van der Waals surface area (Å²) in [6.45, 7) is 3.28. The van der Waals surface area contributed by atoms with Gasteiger partial charge in [0.1, 0.15) is 12.2 Å². The Morgan fingerprint density at radius 1 is 1.61 bits per heavy atom. The van der Waals surface area contributed by atoms with Crippen LogP contribution in [0.2, 0.25) is 0 Å². The topological polar surface area (TPSA) is 102 Å². The van der Waals surface area contributed by atoms with E-state index >= 15 is 0 Å². The zero-order valence-corrected chi connectivity index (χ0v) is 10.7. The van der Waals surface area contributed by atoms with Crippen LogP contribution in [-0.4, -0.2) is 39.4 Å². The van der Waals surface area contributed by atoms with Gasteiger partial charge in [-0.15, -0.1) is 0 Å². The van der Waals surface area contributed by atoms with E-state index < -0.39 is 10.9 Å². The lowest BCUT2D eigenvalue weighted by molar-refractivity contribution is -0.385. The Bertz CT molecular complexity index is 480. The molecule has 0 atom stereocenters. The Morgan fingerprint density at radius 3 is 2.56 bits per heavy atom. The number of anilines is 1. The predicted octanol–water partition coefficient (Wildman–Crippen LogP) is 0.973. The number of carboxylic acids is 1. The van der Waals surface area contributed by atoms with Crippen LogP contribution in [0, 0.1) is 10.1 Å². The van der Waals surface area contributed by atoms with Crippen molar-refractivity contribution in [2.45, 2.75) is 19.8 Å². The number of likely N-dealkylation sites (N-methyl/N-ethyl adjacent to an activating group) is 1. The first-order chi connectivity index (χ1) is 8.25. The molecule has 0 spiro atoms.